The van der Waals surface area contributed by atoms with Crippen LogP contribution in [0.1, 0.15) is 53.2 Å². The summed E-state index contributed by atoms with van der Waals surface area (Å²) in [6, 6.07) is 10.2. The number of phenolic OH excluding ortho intramolecular Hbond substituents is 2. The van der Waals surface area contributed by atoms with E-state index in [-0.39, 0.29) is 28.5 Å². The van der Waals surface area contributed by atoms with Crippen molar-refractivity contribution >= 4 is 16.8 Å². The maximum Gasteiger partial charge on any atom is 0.253 e. The number of pyridine rings is 1. The van der Waals surface area contributed by atoms with Gasteiger partial charge in [-0.3, -0.25) is 9.78 Å². The van der Waals surface area contributed by atoms with Gasteiger partial charge < -0.3 is 20.5 Å². The number of aromatic hydroxyl groups is 2. The standard InChI is InChI=1S/C28H27F2N3O3/c1-15-10-23(26(33-15)22-12-19(30)13-25(34)27(22)35)28(36)32-14-16-2-4-17(5-3-16)20-8-9-31-24-7-6-18(29)11-21(20)24/h6-13,16-17,33-35H,2-5,14H2,1H3,(H,32,36). The zero-order chi connectivity index (χ0) is 25.4. The summed E-state index contributed by atoms with van der Waals surface area (Å²) >= 11 is 0. The number of phenols is 2. The first kappa shape index (κ1) is 23.8. The molecular formula is C28H27F2N3O3. The summed E-state index contributed by atoms with van der Waals surface area (Å²) in [5, 5.41) is 23.9. The van der Waals surface area contributed by atoms with Crippen LogP contribution in [0.3, 0.4) is 0 Å². The van der Waals surface area contributed by atoms with Crippen LogP contribution >= 0.6 is 0 Å². The van der Waals surface area contributed by atoms with Gasteiger partial charge >= 0.3 is 0 Å². The lowest BCUT2D eigenvalue weighted by Crippen LogP contribution is -2.31. The van der Waals surface area contributed by atoms with Gasteiger partial charge in [-0.15, -0.1) is 0 Å². The van der Waals surface area contributed by atoms with E-state index >= 15 is 0 Å². The number of fused-ring (bicyclic) bond motifs is 1. The number of nitrogens with one attached hydrogen (secondary N) is 2. The van der Waals surface area contributed by atoms with Crippen LogP contribution in [-0.4, -0.2) is 32.6 Å². The van der Waals surface area contributed by atoms with E-state index in [4.69, 9.17) is 0 Å². The van der Waals surface area contributed by atoms with Crippen molar-refractivity contribution in [1.29, 1.82) is 0 Å². The van der Waals surface area contributed by atoms with Crippen LogP contribution < -0.4 is 5.32 Å². The maximum atomic E-state index is 13.9. The molecule has 186 valence electrons. The number of hydrogen-bond acceptors (Lipinski definition) is 4. The lowest BCUT2D eigenvalue weighted by molar-refractivity contribution is 0.0943. The Balaban J connectivity index is 1.25. The van der Waals surface area contributed by atoms with Gasteiger partial charge in [0.2, 0.25) is 0 Å². The Morgan fingerprint density at radius 1 is 1.06 bits per heavy atom. The third kappa shape index (κ3) is 4.63. The first-order chi connectivity index (χ1) is 17.3. The molecule has 4 N–H and O–H groups in total. The Morgan fingerprint density at radius 2 is 1.83 bits per heavy atom. The quantitative estimate of drug-likeness (QED) is 0.260. The lowest BCUT2D eigenvalue weighted by atomic mass is 9.78. The highest BCUT2D eigenvalue weighted by molar-refractivity contribution is 6.01. The number of benzene rings is 2. The molecule has 0 aliphatic heterocycles. The summed E-state index contributed by atoms with van der Waals surface area (Å²) in [6.45, 7) is 2.24. The number of rotatable bonds is 5. The second kappa shape index (κ2) is 9.60. The molecule has 0 unspecified atom stereocenters. The minimum absolute atomic E-state index is 0.0206. The second-order valence-corrected chi connectivity index (χ2v) is 9.55. The Hall–Kier alpha value is -3.94. The van der Waals surface area contributed by atoms with Gasteiger partial charge in [0, 0.05) is 35.5 Å². The van der Waals surface area contributed by atoms with E-state index in [0.717, 1.165) is 54.3 Å². The SMILES string of the molecule is Cc1cc(C(=O)NCC2CCC(c3ccnc4ccc(F)cc34)CC2)c(-c2cc(F)cc(O)c2O)[nH]1. The predicted octanol–water partition coefficient (Wildman–Crippen LogP) is 5.93. The molecule has 2 heterocycles. The molecule has 0 radical (unpaired) electrons. The number of aryl methyl sites for hydroxylation is 1. The third-order valence-corrected chi connectivity index (χ3v) is 7.10. The van der Waals surface area contributed by atoms with Crippen LogP contribution in [0.5, 0.6) is 11.5 Å². The largest absolute Gasteiger partial charge is 0.504 e. The van der Waals surface area contributed by atoms with Gasteiger partial charge in [-0.25, -0.2) is 8.78 Å². The van der Waals surface area contributed by atoms with Gasteiger partial charge in [-0.05, 0) is 86.4 Å². The zero-order valence-electron chi connectivity index (χ0n) is 19.8. The molecule has 8 heteroatoms. The van der Waals surface area contributed by atoms with E-state index in [9.17, 15) is 23.8 Å². The fourth-order valence-electron chi connectivity index (χ4n) is 5.26. The van der Waals surface area contributed by atoms with Crippen molar-refractivity contribution in [3.05, 3.63) is 77.1 Å². The van der Waals surface area contributed by atoms with Crippen LogP contribution in [0, 0.1) is 24.5 Å². The predicted molar refractivity (Wildman–Crippen MR) is 133 cm³/mol. The molecule has 0 atom stereocenters. The average Bonchev–Trinajstić information content (AvgIpc) is 3.26. The monoisotopic (exact) mass is 491 g/mol. The second-order valence-electron chi connectivity index (χ2n) is 9.55. The van der Waals surface area contributed by atoms with E-state index in [1.54, 1.807) is 31.3 Å². The molecule has 36 heavy (non-hydrogen) atoms. The smallest absolute Gasteiger partial charge is 0.253 e. The normalized spacial score (nSPS) is 17.9. The highest BCUT2D eigenvalue weighted by atomic mass is 19.1. The van der Waals surface area contributed by atoms with Crippen molar-refractivity contribution in [2.24, 2.45) is 5.92 Å². The van der Waals surface area contributed by atoms with Gasteiger partial charge in [0.15, 0.2) is 11.5 Å². The van der Waals surface area contributed by atoms with Crippen molar-refractivity contribution in [2.45, 2.75) is 38.5 Å². The zero-order valence-corrected chi connectivity index (χ0v) is 19.8. The molecule has 4 aromatic rings. The summed E-state index contributed by atoms with van der Waals surface area (Å²) in [6.07, 6.45) is 5.47. The van der Waals surface area contributed by atoms with Gasteiger partial charge in [-0.1, -0.05) is 0 Å². The summed E-state index contributed by atoms with van der Waals surface area (Å²) in [5.41, 5.74) is 3.11. The van der Waals surface area contributed by atoms with Gasteiger partial charge in [0.1, 0.15) is 11.6 Å². The van der Waals surface area contributed by atoms with Gasteiger partial charge in [-0.2, -0.15) is 0 Å². The number of aromatic amines is 1. The van der Waals surface area contributed by atoms with E-state index in [0.29, 0.717) is 24.1 Å². The molecule has 1 aliphatic carbocycles. The molecule has 0 spiro atoms. The van der Waals surface area contributed by atoms with Crippen LogP contribution in [0.2, 0.25) is 0 Å². The van der Waals surface area contributed by atoms with Gasteiger partial charge in [0.25, 0.3) is 5.91 Å². The minimum atomic E-state index is -0.722. The maximum absolute atomic E-state index is 13.9. The number of halogens is 2. The van der Waals surface area contributed by atoms with E-state index in [1.165, 1.54) is 6.07 Å². The summed E-state index contributed by atoms with van der Waals surface area (Å²) in [7, 11) is 0. The molecule has 2 aromatic heterocycles. The number of nitrogens with zero attached hydrogens (tertiary/aromatic N) is 1. The van der Waals surface area contributed by atoms with Crippen molar-refractivity contribution in [1.82, 2.24) is 15.3 Å². The number of carbonyl (C=O) groups excluding carboxylic acids is 1. The Bertz CT molecular complexity index is 1440. The molecule has 5 rings (SSSR count). The Labute approximate surface area is 207 Å². The number of carbonyl (C=O) groups is 1. The molecule has 1 fully saturated rings. The first-order valence-electron chi connectivity index (χ1n) is 12.0. The van der Waals surface area contributed by atoms with Crippen LogP contribution in [0.4, 0.5) is 8.78 Å². The fourth-order valence-corrected chi connectivity index (χ4v) is 5.26. The Kier molecular flexibility index (Phi) is 6.35. The van der Waals surface area contributed by atoms with Gasteiger partial charge in [0.05, 0.1) is 16.8 Å². The first-order valence-corrected chi connectivity index (χ1v) is 12.0. The number of hydrogen-bond donors (Lipinski definition) is 4. The molecule has 1 saturated carbocycles. The molecule has 6 nitrogen and oxygen atoms in total. The topological polar surface area (TPSA) is 98.2 Å². The highest BCUT2D eigenvalue weighted by Gasteiger charge is 2.26. The summed E-state index contributed by atoms with van der Waals surface area (Å²) < 4.78 is 27.7. The van der Waals surface area contributed by atoms with Crippen LogP contribution in [-0.2, 0) is 0 Å². The molecule has 0 bridgehead atoms. The average molecular weight is 492 g/mol. The van der Waals surface area contributed by atoms with Crippen molar-refractivity contribution in [2.75, 3.05) is 6.54 Å². The fraction of sp³-hybridized carbons (Fsp3) is 0.286. The Morgan fingerprint density at radius 3 is 2.61 bits per heavy atom. The minimum Gasteiger partial charge on any atom is -0.504 e. The number of amides is 1. The lowest BCUT2D eigenvalue weighted by Gasteiger charge is -2.29. The molecular weight excluding hydrogens is 464 g/mol. The van der Waals surface area contributed by atoms with E-state index in [2.05, 4.69) is 15.3 Å². The van der Waals surface area contributed by atoms with Crippen LogP contribution in [0.25, 0.3) is 22.2 Å². The molecule has 1 amide bonds. The van der Waals surface area contributed by atoms with E-state index < -0.39 is 17.3 Å². The van der Waals surface area contributed by atoms with Crippen molar-refractivity contribution in [3.63, 3.8) is 0 Å². The summed E-state index contributed by atoms with van der Waals surface area (Å²) in [4.78, 5) is 20.4. The third-order valence-electron chi connectivity index (χ3n) is 7.10. The highest BCUT2D eigenvalue weighted by Crippen LogP contribution is 2.40. The van der Waals surface area contributed by atoms with Crippen LogP contribution in [0.15, 0.2) is 48.7 Å². The molecule has 0 saturated heterocycles. The van der Waals surface area contributed by atoms with Crippen molar-refractivity contribution < 1.29 is 23.8 Å². The number of aromatic nitrogens is 2. The summed E-state index contributed by atoms with van der Waals surface area (Å²) in [5.74, 6) is -1.80. The number of H-pyrrole nitrogens is 1. The molecule has 1 aliphatic rings. The molecule has 2 aromatic carbocycles. The van der Waals surface area contributed by atoms with E-state index in [1.807, 2.05) is 6.07 Å². The van der Waals surface area contributed by atoms with Crippen molar-refractivity contribution in [3.8, 4) is 22.8 Å².